The lowest BCUT2D eigenvalue weighted by Gasteiger charge is -2.32. The normalized spacial score (nSPS) is 26.2. The molecule has 0 aromatic rings. The molecule has 2 aliphatic rings. The highest BCUT2D eigenvalue weighted by atomic mass is 16.7. The van der Waals surface area contributed by atoms with Gasteiger partial charge in [-0.25, -0.2) is 0 Å². The molecular formula is C13H22BNO3. The van der Waals surface area contributed by atoms with Crippen LogP contribution in [0.2, 0.25) is 0 Å². The van der Waals surface area contributed by atoms with Crippen molar-refractivity contribution in [3.05, 3.63) is 11.5 Å². The van der Waals surface area contributed by atoms with E-state index >= 15 is 0 Å². The fourth-order valence-corrected chi connectivity index (χ4v) is 2.20. The van der Waals surface area contributed by atoms with Gasteiger partial charge in [0.25, 0.3) is 0 Å². The Bertz CT molecular complexity index is 374. The van der Waals surface area contributed by atoms with E-state index < -0.39 is 0 Å². The third kappa shape index (κ3) is 2.34. The van der Waals surface area contributed by atoms with Crippen LogP contribution in [0, 0.1) is 0 Å². The fraction of sp³-hybridized carbons (Fsp3) is 0.769. The molecule has 0 unspecified atom stereocenters. The Kier molecular flexibility index (Phi) is 3.32. The molecule has 1 saturated heterocycles. The van der Waals surface area contributed by atoms with Gasteiger partial charge in [0.15, 0.2) is 0 Å². The van der Waals surface area contributed by atoms with Crippen molar-refractivity contribution in [2.75, 3.05) is 13.1 Å². The average molecular weight is 251 g/mol. The first-order chi connectivity index (χ1) is 8.23. The van der Waals surface area contributed by atoms with Crippen molar-refractivity contribution in [3.63, 3.8) is 0 Å². The number of rotatable bonds is 1. The van der Waals surface area contributed by atoms with Crippen LogP contribution in [0.5, 0.6) is 0 Å². The lowest BCUT2D eigenvalue weighted by molar-refractivity contribution is -0.128. The van der Waals surface area contributed by atoms with E-state index in [4.69, 9.17) is 9.31 Å². The van der Waals surface area contributed by atoms with Crippen molar-refractivity contribution in [1.29, 1.82) is 0 Å². The summed E-state index contributed by atoms with van der Waals surface area (Å²) < 4.78 is 12.0. The van der Waals surface area contributed by atoms with Gasteiger partial charge in [0.2, 0.25) is 5.91 Å². The molecule has 0 aromatic heterocycles. The van der Waals surface area contributed by atoms with Crippen LogP contribution >= 0.6 is 0 Å². The molecule has 100 valence electrons. The van der Waals surface area contributed by atoms with Crippen LogP contribution in [0.1, 0.15) is 41.0 Å². The summed E-state index contributed by atoms with van der Waals surface area (Å²) >= 11 is 0. The van der Waals surface area contributed by atoms with Gasteiger partial charge in [-0.2, -0.15) is 0 Å². The molecule has 0 atom stereocenters. The van der Waals surface area contributed by atoms with Crippen molar-refractivity contribution >= 4 is 13.0 Å². The van der Waals surface area contributed by atoms with Crippen LogP contribution < -0.4 is 0 Å². The van der Waals surface area contributed by atoms with E-state index in [1.54, 1.807) is 6.92 Å². The lowest BCUT2D eigenvalue weighted by atomic mass is 9.76. The predicted octanol–water partition coefficient (Wildman–Crippen LogP) is 1.80. The minimum Gasteiger partial charge on any atom is -0.400 e. The number of hydrogen-bond acceptors (Lipinski definition) is 3. The number of hydrogen-bond donors (Lipinski definition) is 0. The van der Waals surface area contributed by atoms with Crippen LogP contribution in [-0.2, 0) is 14.1 Å². The number of carbonyl (C=O) groups is 1. The molecular weight excluding hydrogens is 229 g/mol. The Labute approximate surface area is 109 Å². The van der Waals surface area contributed by atoms with Crippen LogP contribution in [0.4, 0.5) is 0 Å². The van der Waals surface area contributed by atoms with E-state index in [2.05, 4.69) is 6.08 Å². The van der Waals surface area contributed by atoms with E-state index in [0.29, 0.717) is 6.54 Å². The molecule has 2 rings (SSSR count). The second kappa shape index (κ2) is 4.39. The maximum Gasteiger partial charge on any atom is 0.492 e. The Morgan fingerprint density at radius 3 is 2.33 bits per heavy atom. The van der Waals surface area contributed by atoms with Gasteiger partial charge in [-0.15, -0.1) is 0 Å². The van der Waals surface area contributed by atoms with Gasteiger partial charge in [-0.3, -0.25) is 4.79 Å². The van der Waals surface area contributed by atoms with Crippen LogP contribution in [0.15, 0.2) is 11.5 Å². The monoisotopic (exact) mass is 251 g/mol. The van der Waals surface area contributed by atoms with Gasteiger partial charge in [0.1, 0.15) is 0 Å². The predicted molar refractivity (Wildman–Crippen MR) is 71.0 cm³/mol. The van der Waals surface area contributed by atoms with Crippen molar-refractivity contribution < 1.29 is 14.1 Å². The standard InChI is InChI=1S/C13H22BNO3/c1-10(16)15-8-6-7-11(9-15)14-17-12(2,3)13(4,5)18-14/h7H,6,8-9H2,1-5H3. The quantitative estimate of drug-likeness (QED) is 0.667. The van der Waals surface area contributed by atoms with Crippen molar-refractivity contribution in [1.82, 2.24) is 4.90 Å². The highest BCUT2D eigenvalue weighted by molar-refractivity contribution is 6.54. The van der Waals surface area contributed by atoms with Gasteiger partial charge in [0.05, 0.1) is 11.2 Å². The molecule has 5 heteroatoms. The van der Waals surface area contributed by atoms with E-state index in [-0.39, 0.29) is 24.2 Å². The first-order valence-corrected chi connectivity index (χ1v) is 6.53. The summed E-state index contributed by atoms with van der Waals surface area (Å²) in [5.41, 5.74) is 0.420. The molecule has 18 heavy (non-hydrogen) atoms. The van der Waals surface area contributed by atoms with Gasteiger partial charge >= 0.3 is 7.12 Å². The summed E-state index contributed by atoms with van der Waals surface area (Å²) in [7, 11) is -0.322. The maximum atomic E-state index is 11.4. The third-order valence-corrected chi connectivity index (χ3v) is 4.18. The molecule has 2 aliphatic heterocycles. The Morgan fingerprint density at radius 2 is 1.83 bits per heavy atom. The Morgan fingerprint density at radius 1 is 1.28 bits per heavy atom. The molecule has 1 fully saturated rings. The summed E-state index contributed by atoms with van der Waals surface area (Å²) in [6.07, 6.45) is 3.01. The summed E-state index contributed by atoms with van der Waals surface area (Å²) in [6, 6.07) is 0. The third-order valence-electron chi connectivity index (χ3n) is 4.18. The molecule has 0 bridgehead atoms. The minimum absolute atomic E-state index is 0.108. The smallest absolute Gasteiger partial charge is 0.400 e. The second-order valence-corrected chi connectivity index (χ2v) is 6.10. The zero-order valence-electron chi connectivity index (χ0n) is 11.9. The van der Waals surface area contributed by atoms with Gasteiger partial charge in [-0.1, -0.05) is 6.08 Å². The lowest BCUT2D eigenvalue weighted by Crippen LogP contribution is -2.41. The first kappa shape index (κ1) is 13.6. The molecule has 0 aromatic carbocycles. The maximum absolute atomic E-state index is 11.4. The van der Waals surface area contributed by atoms with E-state index in [1.165, 1.54) is 0 Å². The molecule has 4 nitrogen and oxygen atoms in total. The minimum atomic E-state index is -0.322. The molecule has 0 spiro atoms. The van der Waals surface area contributed by atoms with Gasteiger partial charge in [0, 0.05) is 20.0 Å². The summed E-state index contributed by atoms with van der Waals surface area (Å²) in [6.45, 7) is 11.2. The average Bonchev–Trinajstić information content (AvgIpc) is 2.48. The molecule has 0 aliphatic carbocycles. The summed E-state index contributed by atoms with van der Waals surface area (Å²) in [5.74, 6) is 0.108. The fourth-order valence-electron chi connectivity index (χ4n) is 2.20. The van der Waals surface area contributed by atoms with E-state index in [9.17, 15) is 4.79 Å². The van der Waals surface area contributed by atoms with Crippen LogP contribution in [0.25, 0.3) is 0 Å². The summed E-state index contributed by atoms with van der Waals surface area (Å²) in [4.78, 5) is 13.3. The van der Waals surface area contributed by atoms with Crippen molar-refractivity contribution in [2.24, 2.45) is 0 Å². The largest absolute Gasteiger partial charge is 0.492 e. The zero-order chi connectivity index (χ0) is 13.6. The topological polar surface area (TPSA) is 38.8 Å². The second-order valence-electron chi connectivity index (χ2n) is 6.10. The molecule has 0 N–H and O–H groups in total. The zero-order valence-corrected chi connectivity index (χ0v) is 11.9. The highest BCUT2D eigenvalue weighted by Crippen LogP contribution is 2.39. The van der Waals surface area contributed by atoms with Crippen LogP contribution in [-0.4, -0.2) is 42.2 Å². The Balaban J connectivity index is 2.11. The van der Waals surface area contributed by atoms with Gasteiger partial charge in [-0.05, 0) is 39.6 Å². The van der Waals surface area contributed by atoms with E-state index in [1.807, 2.05) is 32.6 Å². The molecule has 1 amide bonds. The van der Waals surface area contributed by atoms with Gasteiger partial charge < -0.3 is 14.2 Å². The molecule has 0 radical (unpaired) electrons. The van der Waals surface area contributed by atoms with Crippen LogP contribution in [0.3, 0.4) is 0 Å². The Hall–Kier alpha value is -0.805. The van der Waals surface area contributed by atoms with Crippen molar-refractivity contribution in [2.45, 2.75) is 52.2 Å². The molecule has 0 saturated carbocycles. The first-order valence-electron chi connectivity index (χ1n) is 6.53. The number of amides is 1. The van der Waals surface area contributed by atoms with Crippen molar-refractivity contribution in [3.8, 4) is 0 Å². The number of nitrogens with zero attached hydrogens (tertiary/aromatic N) is 1. The number of carbonyl (C=O) groups excluding carboxylic acids is 1. The SMILES string of the molecule is CC(=O)N1CCC=C(B2OC(C)(C)C(C)(C)O2)C1. The highest BCUT2D eigenvalue weighted by Gasteiger charge is 2.52. The summed E-state index contributed by atoms with van der Waals surface area (Å²) in [5, 5.41) is 0. The van der Waals surface area contributed by atoms with E-state index in [0.717, 1.165) is 18.4 Å². The molecule has 2 heterocycles.